The fraction of sp³-hybridized carbons (Fsp3) is 0.250. The van der Waals surface area contributed by atoms with Crippen molar-refractivity contribution in [3.05, 3.63) is 59.4 Å². The molecule has 100 valence electrons. The standard InChI is InChI=1S/C16H17FO2/c1-3-15(18)12-5-8-14(9-6-12)19-16-10-13(17)7-4-11(16)2/h4-10,15,18H,3H2,1-2H3/t15-/m1/s1. The van der Waals surface area contributed by atoms with Crippen molar-refractivity contribution in [1.82, 2.24) is 0 Å². The summed E-state index contributed by atoms with van der Waals surface area (Å²) in [5.41, 5.74) is 1.73. The van der Waals surface area contributed by atoms with E-state index >= 15 is 0 Å². The molecule has 0 amide bonds. The number of aryl methyl sites for hydroxylation is 1. The van der Waals surface area contributed by atoms with Crippen molar-refractivity contribution in [2.24, 2.45) is 0 Å². The minimum Gasteiger partial charge on any atom is -0.457 e. The Morgan fingerprint density at radius 1 is 1.16 bits per heavy atom. The first-order valence-electron chi connectivity index (χ1n) is 6.32. The van der Waals surface area contributed by atoms with E-state index < -0.39 is 6.10 Å². The van der Waals surface area contributed by atoms with E-state index in [1.165, 1.54) is 12.1 Å². The number of aliphatic hydroxyl groups excluding tert-OH is 1. The molecule has 0 radical (unpaired) electrons. The van der Waals surface area contributed by atoms with Gasteiger partial charge in [0.1, 0.15) is 17.3 Å². The minimum absolute atomic E-state index is 0.321. The number of hydrogen-bond donors (Lipinski definition) is 1. The molecule has 3 heteroatoms. The number of ether oxygens (including phenoxy) is 1. The highest BCUT2D eigenvalue weighted by Crippen LogP contribution is 2.27. The Labute approximate surface area is 112 Å². The molecule has 2 rings (SSSR count). The number of rotatable bonds is 4. The molecule has 2 aromatic rings. The Bertz CT molecular complexity index is 549. The van der Waals surface area contributed by atoms with E-state index in [1.807, 2.05) is 26.0 Å². The molecule has 0 saturated heterocycles. The van der Waals surface area contributed by atoms with Gasteiger partial charge in [0, 0.05) is 6.07 Å². The van der Waals surface area contributed by atoms with Crippen molar-refractivity contribution in [2.75, 3.05) is 0 Å². The molecular weight excluding hydrogens is 243 g/mol. The van der Waals surface area contributed by atoms with E-state index in [2.05, 4.69) is 0 Å². The van der Waals surface area contributed by atoms with Crippen LogP contribution in [0.25, 0.3) is 0 Å². The van der Waals surface area contributed by atoms with Crippen LogP contribution in [0, 0.1) is 12.7 Å². The summed E-state index contributed by atoms with van der Waals surface area (Å²) in [5, 5.41) is 9.70. The van der Waals surface area contributed by atoms with Gasteiger partial charge in [0.15, 0.2) is 0 Å². The SMILES string of the molecule is CC[C@@H](O)c1ccc(Oc2cc(F)ccc2C)cc1. The molecule has 0 unspecified atom stereocenters. The van der Waals surface area contributed by atoms with Crippen LogP contribution >= 0.6 is 0 Å². The summed E-state index contributed by atoms with van der Waals surface area (Å²) < 4.78 is 18.8. The van der Waals surface area contributed by atoms with Crippen molar-refractivity contribution in [1.29, 1.82) is 0 Å². The molecule has 1 atom stereocenters. The molecule has 0 spiro atoms. The van der Waals surface area contributed by atoms with Crippen LogP contribution in [-0.4, -0.2) is 5.11 Å². The van der Waals surface area contributed by atoms with Crippen LogP contribution in [0.5, 0.6) is 11.5 Å². The van der Waals surface area contributed by atoms with Gasteiger partial charge in [-0.25, -0.2) is 4.39 Å². The topological polar surface area (TPSA) is 29.5 Å². The molecule has 0 aromatic heterocycles. The van der Waals surface area contributed by atoms with Crippen molar-refractivity contribution >= 4 is 0 Å². The summed E-state index contributed by atoms with van der Waals surface area (Å²) >= 11 is 0. The lowest BCUT2D eigenvalue weighted by Gasteiger charge is -2.11. The van der Waals surface area contributed by atoms with Crippen molar-refractivity contribution in [3.8, 4) is 11.5 Å². The van der Waals surface area contributed by atoms with Gasteiger partial charge >= 0.3 is 0 Å². The van der Waals surface area contributed by atoms with E-state index in [0.29, 0.717) is 17.9 Å². The minimum atomic E-state index is -0.454. The largest absolute Gasteiger partial charge is 0.457 e. The summed E-state index contributed by atoms with van der Waals surface area (Å²) in [6, 6.07) is 11.6. The highest BCUT2D eigenvalue weighted by atomic mass is 19.1. The Morgan fingerprint density at radius 2 is 1.84 bits per heavy atom. The Morgan fingerprint density at radius 3 is 2.47 bits per heavy atom. The average Bonchev–Trinajstić information content (AvgIpc) is 2.43. The average molecular weight is 260 g/mol. The predicted molar refractivity (Wildman–Crippen MR) is 72.9 cm³/mol. The molecular formula is C16H17FO2. The molecule has 1 N–H and O–H groups in total. The lowest BCUT2D eigenvalue weighted by atomic mass is 10.1. The van der Waals surface area contributed by atoms with Crippen LogP contribution in [0.3, 0.4) is 0 Å². The zero-order valence-electron chi connectivity index (χ0n) is 11.1. The van der Waals surface area contributed by atoms with Crippen LogP contribution in [0.4, 0.5) is 4.39 Å². The van der Waals surface area contributed by atoms with Gasteiger partial charge in [-0.15, -0.1) is 0 Å². The molecule has 0 heterocycles. The molecule has 19 heavy (non-hydrogen) atoms. The van der Waals surface area contributed by atoms with Gasteiger partial charge in [-0.05, 0) is 42.7 Å². The van der Waals surface area contributed by atoms with Crippen LogP contribution < -0.4 is 4.74 Å². The van der Waals surface area contributed by atoms with Gasteiger partial charge in [0.25, 0.3) is 0 Å². The van der Waals surface area contributed by atoms with Gasteiger partial charge in [0.05, 0.1) is 6.10 Å². The molecule has 0 fully saturated rings. The van der Waals surface area contributed by atoms with E-state index in [1.54, 1.807) is 18.2 Å². The monoisotopic (exact) mass is 260 g/mol. The first-order valence-corrected chi connectivity index (χ1v) is 6.32. The highest BCUT2D eigenvalue weighted by Gasteiger charge is 2.06. The van der Waals surface area contributed by atoms with Crippen molar-refractivity contribution < 1.29 is 14.2 Å². The number of benzene rings is 2. The number of aliphatic hydroxyl groups is 1. The quantitative estimate of drug-likeness (QED) is 0.884. The van der Waals surface area contributed by atoms with Crippen molar-refractivity contribution in [3.63, 3.8) is 0 Å². The highest BCUT2D eigenvalue weighted by molar-refractivity contribution is 5.38. The third-order valence-electron chi connectivity index (χ3n) is 3.03. The second-order valence-electron chi connectivity index (χ2n) is 4.50. The smallest absolute Gasteiger partial charge is 0.133 e. The van der Waals surface area contributed by atoms with E-state index in [9.17, 15) is 9.50 Å². The fourth-order valence-corrected chi connectivity index (χ4v) is 1.80. The molecule has 0 aliphatic heterocycles. The number of hydrogen-bond acceptors (Lipinski definition) is 2. The Hall–Kier alpha value is -1.87. The summed E-state index contributed by atoms with van der Waals surface area (Å²) in [5.74, 6) is 0.808. The van der Waals surface area contributed by atoms with Crippen LogP contribution in [0.1, 0.15) is 30.6 Å². The summed E-state index contributed by atoms with van der Waals surface area (Å²) in [6.07, 6.45) is 0.216. The lowest BCUT2D eigenvalue weighted by molar-refractivity contribution is 0.173. The normalized spacial score (nSPS) is 12.2. The second kappa shape index (κ2) is 5.85. The zero-order valence-corrected chi connectivity index (χ0v) is 11.1. The summed E-state index contributed by atoms with van der Waals surface area (Å²) in [7, 11) is 0. The maximum Gasteiger partial charge on any atom is 0.133 e. The van der Waals surface area contributed by atoms with E-state index in [0.717, 1.165) is 11.1 Å². The molecule has 0 saturated carbocycles. The third kappa shape index (κ3) is 3.32. The Balaban J connectivity index is 2.17. The van der Waals surface area contributed by atoms with Crippen LogP contribution in [0.2, 0.25) is 0 Å². The maximum absolute atomic E-state index is 13.2. The molecule has 0 aliphatic rings. The molecule has 0 bridgehead atoms. The first-order chi connectivity index (χ1) is 9.10. The lowest BCUT2D eigenvalue weighted by Crippen LogP contribution is -1.95. The van der Waals surface area contributed by atoms with Gasteiger partial charge in [-0.2, -0.15) is 0 Å². The zero-order chi connectivity index (χ0) is 13.8. The van der Waals surface area contributed by atoms with Crippen LogP contribution in [0.15, 0.2) is 42.5 Å². The molecule has 2 aromatic carbocycles. The van der Waals surface area contributed by atoms with Gasteiger partial charge < -0.3 is 9.84 Å². The van der Waals surface area contributed by atoms with E-state index in [4.69, 9.17) is 4.74 Å². The predicted octanol–water partition coefficient (Wildman–Crippen LogP) is 4.37. The summed E-state index contributed by atoms with van der Waals surface area (Å²) in [6.45, 7) is 3.79. The maximum atomic E-state index is 13.2. The fourth-order valence-electron chi connectivity index (χ4n) is 1.80. The molecule has 0 aliphatic carbocycles. The van der Waals surface area contributed by atoms with E-state index in [-0.39, 0.29) is 5.82 Å². The molecule has 2 nitrogen and oxygen atoms in total. The van der Waals surface area contributed by atoms with Gasteiger partial charge in [-0.3, -0.25) is 0 Å². The summed E-state index contributed by atoms with van der Waals surface area (Å²) in [4.78, 5) is 0. The first kappa shape index (κ1) is 13.6. The van der Waals surface area contributed by atoms with Crippen molar-refractivity contribution in [2.45, 2.75) is 26.4 Å². The van der Waals surface area contributed by atoms with Crippen LogP contribution in [-0.2, 0) is 0 Å². The van der Waals surface area contributed by atoms with Gasteiger partial charge in [-0.1, -0.05) is 25.1 Å². The second-order valence-corrected chi connectivity index (χ2v) is 4.50. The third-order valence-corrected chi connectivity index (χ3v) is 3.03. The van der Waals surface area contributed by atoms with Gasteiger partial charge in [0.2, 0.25) is 0 Å². The Kier molecular flexibility index (Phi) is 4.17. The number of halogens is 1.